The number of amides is 1. The van der Waals surface area contributed by atoms with E-state index in [0.29, 0.717) is 12.0 Å². The van der Waals surface area contributed by atoms with E-state index < -0.39 is 0 Å². The first-order valence-electron chi connectivity index (χ1n) is 9.50. The summed E-state index contributed by atoms with van der Waals surface area (Å²) in [7, 11) is 0. The zero-order valence-corrected chi connectivity index (χ0v) is 15.2. The van der Waals surface area contributed by atoms with Crippen LogP contribution >= 0.6 is 0 Å². The van der Waals surface area contributed by atoms with Gasteiger partial charge in [-0.05, 0) is 61.4 Å². The van der Waals surface area contributed by atoms with Gasteiger partial charge in [0, 0.05) is 36.1 Å². The Morgan fingerprint density at radius 3 is 2.68 bits per heavy atom. The number of carbonyl (C=O) groups excluding carboxylic acids is 1. The maximum absolute atomic E-state index is 13.1. The Morgan fingerprint density at radius 2 is 1.96 bits per heavy atom. The molecule has 1 aromatic carbocycles. The van der Waals surface area contributed by atoms with Gasteiger partial charge in [0.15, 0.2) is 0 Å². The van der Waals surface area contributed by atoms with Crippen LogP contribution in [0.2, 0.25) is 0 Å². The molecular formula is C22H26N2O. The number of pyridine rings is 1. The molecule has 2 heterocycles. The molecule has 130 valence electrons. The number of aromatic nitrogens is 1. The molecule has 0 N–H and O–H groups in total. The average molecular weight is 334 g/mol. The summed E-state index contributed by atoms with van der Waals surface area (Å²) in [4.78, 5) is 19.4. The van der Waals surface area contributed by atoms with E-state index in [2.05, 4.69) is 41.9 Å². The third-order valence-corrected chi connectivity index (χ3v) is 6.05. The van der Waals surface area contributed by atoms with Gasteiger partial charge in [0.25, 0.3) is 5.91 Å². The quantitative estimate of drug-likeness (QED) is 0.793. The van der Waals surface area contributed by atoms with Crippen LogP contribution in [0.15, 0.2) is 36.7 Å². The SMILES string of the molecule is Cc1cc(-c2cccnc2)cc2c1C(=O)N([C@H](C)C1CCCCC1)C2. The van der Waals surface area contributed by atoms with Gasteiger partial charge < -0.3 is 4.90 Å². The van der Waals surface area contributed by atoms with Gasteiger partial charge in [-0.2, -0.15) is 0 Å². The summed E-state index contributed by atoms with van der Waals surface area (Å²) in [5, 5.41) is 0. The van der Waals surface area contributed by atoms with E-state index in [0.717, 1.165) is 28.8 Å². The van der Waals surface area contributed by atoms with E-state index in [1.807, 2.05) is 12.3 Å². The molecule has 2 aliphatic rings. The summed E-state index contributed by atoms with van der Waals surface area (Å²) in [6.07, 6.45) is 10.2. The van der Waals surface area contributed by atoms with Crippen LogP contribution in [0.4, 0.5) is 0 Å². The van der Waals surface area contributed by atoms with E-state index >= 15 is 0 Å². The van der Waals surface area contributed by atoms with Crippen LogP contribution in [0.5, 0.6) is 0 Å². The van der Waals surface area contributed by atoms with Crippen LogP contribution in [-0.2, 0) is 6.54 Å². The largest absolute Gasteiger partial charge is 0.331 e. The van der Waals surface area contributed by atoms with Gasteiger partial charge in [-0.25, -0.2) is 0 Å². The number of hydrogen-bond acceptors (Lipinski definition) is 2. The maximum Gasteiger partial charge on any atom is 0.255 e. The predicted molar refractivity (Wildman–Crippen MR) is 100 cm³/mol. The Labute approximate surface area is 150 Å². The van der Waals surface area contributed by atoms with E-state index in [9.17, 15) is 4.79 Å². The Hall–Kier alpha value is -2.16. The summed E-state index contributed by atoms with van der Waals surface area (Å²) in [6.45, 7) is 5.06. The second-order valence-corrected chi connectivity index (χ2v) is 7.64. The molecule has 1 fully saturated rings. The van der Waals surface area contributed by atoms with E-state index in [1.165, 1.54) is 37.7 Å². The number of fused-ring (bicyclic) bond motifs is 1. The molecule has 25 heavy (non-hydrogen) atoms. The maximum atomic E-state index is 13.1. The molecule has 0 bridgehead atoms. The summed E-state index contributed by atoms with van der Waals surface area (Å²) < 4.78 is 0. The number of carbonyl (C=O) groups is 1. The number of nitrogens with zero attached hydrogens (tertiary/aromatic N) is 2. The first-order chi connectivity index (χ1) is 12.1. The lowest BCUT2D eigenvalue weighted by Crippen LogP contribution is -2.39. The molecule has 1 aliphatic heterocycles. The zero-order chi connectivity index (χ0) is 17.4. The molecule has 1 amide bonds. The van der Waals surface area contributed by atoms with Gasteiger partial charge in [0.05, 0.1) is 0 Å². The number of rotatable bonds is 3. The highest BCUT2D eigenvalue weighted by molar-refractivity contribution is 6.00. The topological polar surface area (TPSA) is 33.2 Å². The fraction of sp³-hybridized carbons (Fsp3) is 0.455. The predicted octanol–water partition coefficient (Wildman–Crippen LogP) is 4.98. The van der Waals surface area contributed by atoms with Gasteiger partial charge in [-0.1, -0.05) is 31.4 Å². The van der Waals surface area contributed by atoms with Crippen molar-refractivity contribution in [3.05, 3.63) is 53.3 Å². The molecule has 3 nitrogen and oxygen atoms in total. The summed E-state index contributed by atoms with van der Waals surface area (Å²) in [5.74, 6) is 0.883. The third kappa shape index (κ3) is 2.97. The van der Waals surface area contributed by atoms with Crippen molar-refractivity contribution in [3.8, 4) is 11.1 Å². The van der Waals surface area contributed by atoms with Crippen molar-refractivity contribution in [1.82, 2.24) is 9.88 Å². The molecule has 0 saturated heterocycles. The lowest BCUT2D eigenvalue weighted by Gasteiger charge is -2.34. The van der Waals surface area contributed by atoms with Crippen molar-refractivity contribution in [2.45, 2.75) is 58.5 Å². The Morgan fingerprint density at radius 1 is 1.16 bits per heavy atom. The Kier molecular flexibility index (Phi) is 4.32. The van der Waals surface area contributed by atoms with Crippen molar-refractivity contribution in [1.29, 1.82) is 0 Å². The number of aryl methyl sites for hydroxylation is 1. The minimum atomic E-state index is 0.225. The highest BCUT2D eigenvalue weighted by atomic mass is 16.2. The van der Waals surface area contributed by atoms with E-state index in [-0.39, 0.29) is 5.91 Å². The van der Waals surface area contributed by atoms with Gasteiger partial charge in [-0.15, -0.1) is 0 Å². The standard InChI is InChI=1S/C22H26N2O/c1-15-11-19(18-9-6-10-23-13-18)12-20-14-24(22(25)21(15)20)16(2)17-7-4-3-5-8-17/h6,9-13,16-17H,3-5,7-8,14H2,1-2H3/t16-/m1/s1. The van der Waals surface area contributed by atoms with Gasteiger partial charge >= 0.3 is 0 Å². The minimum absolute atomic E-state index is 0.225. The molecule has 3 heteroatoms. The van der Waals surface area contributed by atoms with Crippen molar-refractivity contribution in [3.63, 3.8) is 0 Å². The Bertz CT molecular complexity index is 778. The molecule has 4 rings (SSSR count). The monoisotopic (exact) mass is 334 g/mol. The fourth-order valence-corrected chi connectivity index (χ4v) is 4.59. The lowest BCUT2D eigenvalue weighted by atomic mass is 9.84. The van der Waals surface area contributed by atoms with Gasteiger partial charge in [0.2, 0.25) is 0 Å². The molecule has 0 unspecified atom stereocenters. The smallest absolute Gasteiger partial charge is 0.255 e. The van der Waals surface area contributed by atoms with Crippen LogP contribution in [0.25, 0.3) is 11.1 Å². The zero-order valence-electron chi connectivity index (χ0n) is 15.2. The minimum Gasteiger partial charge on any atom is -0.331 e. The highest BCUT2D eigenvalue weighted by Gasteiger charge is 2.35. The highest BCUT2D eigenvalue weighted by Crippen LogP contribution is 2.36. The molecule has 0 spiro atoms. The van der Waals surface area contributed by atoms with E-state index in [4.69, 9.17) is 0 Å². The van der Waals surface area contributed by atoms with Crippen molar-refractivity contribution < 1.29 is 4.79 Å². The second kappa shape index (κ2) is 6.62. The molecule has 1 aromatic heterocycles. The third-order valence-electron chi connectivity index (χ3n) is 6.05. The van der Waals surface area contributed by atoms with E-state index in [1.54, 1.807) is 6.20 Å². The first-order valence-corrected chi connectivity index (χ1v) is 9.50. The molecular weight excluding hydrogens is 308 g/mol. The number of hydrogen-bond donors (Lipinski definition) is 0. The average Bonchev–Trinajstić information content (AvgIpc) is 2.99. The van der Waals surface area contributed by atoms with Crippen molar-refractivity contribution in [2.24, 2.45) is 5.92 Å². The van der Waals surface area contributed by atoms with Crippen LogP contribution in [0, 0.1) is 12.8 Å². The fourth-order valence-electron chi connectivity index (χ4n) is 4.59. The normalized spacial score (nSPS) is 19.1. The van der Waals surface area contributed by atoms with Crippen LogP contribution in [-0.4, -0.2) is 21.8 Å². The van der Waals surface area contributed by atoms with Gasteiger partial charge in [0.1, 0.15) is 0 Å². The number of benzene rings is 1. The van der Waals surface area contributed by atoms with Crippen LogP contribution in [0.1, 0.15) is 60.5 Å². The van der Waals surface area contributed by atoms with Crippen LogP contribution in [0.3, 0.4) is 0 Å². The molecule has 1 atom stereocenters. The summed E-state index contributed by atoms with van der Waals surface area (Å²) in [6, 6.07) is 8.68. The molecule has 1 aliphatic carbocycles. The van der Waals surface area contributed by atoms with Crippen molar-refractivity contribution in [2.75, 3.05) is 0 Å². The molecule has 1 saturated carbocycles. The van der Waals surface area contributed by atoms with Crippen molar-refractivity contribution >= 4 is 5.91 Å². The summed E-state index contributed by atoms with van der Waals surface area (Å²) >= 11 is 0. The second-order valence-electron chi connectivity index (χ2n) is 7.64. The summed E-state index contributed by atoms with van der Waals surface area (Å²) in [5.41, 5.74) is 5.45. The first kappa shape index (κ1) is 16.3. The molecule has 0 radical (unpaired) electrons. The Balaban J connectivity index is 1.63. The van der Waals surface area contributed by atoms with Gasteiger partial charge in [-0.3, -0.25) is 9.78 Å². The molecule has 2 aromatic rings. The van der Waals surface area contributed by atoms with Crippen LogP contribution < -0.4 is 0 Å². The lowest BCUT2D eigenvalue weighted by molar-refractivity contribution is 0.0623.